The normalized spacial score (nSPS) is 22.6. The van der Waals surface area contributed by atoms with Crippen LogP contribution in [0.2, 0.25) is 0 Å². The van der Waals surface area contributed by atoms with E-state index < -0.39 is 6.43 Å². The largest absolute Gasteiger partial charge is 0.474 e. The first-order chi connectivity index (χ1) is 20.9. The Balaban J connectivity index is 1.15. The van der Waals surface area contributed by atoms with Crippen molar-refractivity contribution in [3.8, 4) is 11.7 Å². The lowest BCUT2D eigenvalue weighted by atomic mass is 9.92. The monoisotopic (exact) mass is 597 g/mol. The first-order valence-electron chi connectivity index (χ1n) is 15.7. The number of morpholine rings is 1. The third kappa shape index (κ3) is 7.06. The number of alkyl halides is 2. The standard InChI is InChI=1S/C31H41F2N7O3/c1-20(34-21-7-3-2-4-8-21)30(41)35-22-11-13-23(14-12-22)43-27-19-26(37-31(38-27)39-15-17-42-18-16-39)40-25-10-6-5-9-24(25)36-29(40)28(32)33/h5-6,9-10,19-23,28,34H,2-4,7-8,11-18H2,1H3,(H,35,41)/t20-,22?,23?/m0/s1. The predicted molar refractivity (Wildman–Crippen MR) is 159 cm³/mol. The van der Waals surface area contributed by atoms with Gasteiger partial charge < -0.3 is 25.0 Å². The Morgan fingerprint density at radius 1 is 0.977 bits per heavy atom. The van der Waals surface area contributed by atoms with Crippen molar-refractivity contribution in [3.05, 3.63) is 36.2 Å². The fraction of sp³-hybridized carbons (Fsp3) is 0.613. The van der Waals surface area contributed by atoms with Crippen molar-refractivity contribution in [1.82, 2.24) is 30.2 Å². The molecule has 232 valence electrons. The highest BCUT2D eigenvalue weighted by Gasteiger charge is 2.28. The molecule has 2 N–H and O–H groups in total. The Hall–Kier alpha value is -3.38. The maximum absolute atomic E-state index is 14.2. The number of carbonyl (C=O) groups excluding carboxylic acids is 1. The van der Waals surface area contributed by atoms with E-state index in [1.54, 1.807) is 30.3 Å². The number of amides is 1. The molecule has 1 atom stereocenters. The highest BCUT2D eigenvalue weighted by Crippen LogP contribution is 2.31. The molecule has 3 heterocycles. The summed E-state index contributed by atoms with van der Waals surface area (Å²) in [6.07, 6.45) is 6.20. The van der Waals surface area contributed by atoms with Gasteiger partial charge in [0.2, 0.25) is 17.7 Å². The lowest BCUT2D eigenvalue weighted by Gasteiger charge is -2.31. The molecule has 1 amide bonds. The smallest absolute Gasteiger partial charge is 0.296 e. The molecule has 0 spiro atoms. The van der Waals surface area contributed by atoms with Gasteiger partial charge in [0.25, 0.3) is 6.43 Å². The molecule has 2 aliphatic carbocycles. The van der Waals surface area contributed by atoms with Gasteiger partial charge >= 0.3 is 0 Å². The van der Waals surface area contributed by atoms with E-state index in [1.165, 1.54) is 23.8 Å². The summed E-state index contributed by atoms with van der Waals surface area (Å²) in [6.45, 7) is 4.19. The van der Waals surface area contributed by atoms with E-state index in [0.29, 0.717) is 55.2 Å². The number of benzene rings is 1. The Morgan fingerprint density at radius 3 is 2.47 bits per heavy atom. The summed E-state index contributed by atoms with van der Waals surface area (Å²) >= 11 is 0. The fourth-order valence-corrected chi connectivity index (χ4v) is 6.43. The topological polar surface area (TPSA) is 106 Å². The molecule has 3 aromatic rings. The van der Waals surface area contributed by atoms with Gasteiger partial charge in [0.1, 0.15) is 11.9 Å². The Kier molecular flexibility index (Phi) is 9.32. The number of carbonyl (C=O) groups is 1. The number of hydrogen-bond donors (Lipinski definition) is 2. The zero-order chi connectivity index (χ0) is 29.8. The summed E-state index contributed by atoms with van der Waals surface area (Å²) < 4.78 is 41.6. The van der Waals surface area contributed by atoms with Crippen LogP contribution in [-0.4, -0.2) is 76.0 Å². The van der Waals surface area contributed by atoms with Gasteiger partial charge in [-0.05, 0) is 57.6 Å². The van der Waals surface area contributed by atoms with Gasteiger partial charge in [0.05, 0.1) is 30.3 Å². The maximum atomic E-state index is 14.2. The van der Waals surface area contributed by atoms with Crippen LogP contribution in [0, 0.1) is 0 Å². The number of nitrogens with zero attached hydrogens (tertiary/aromatic N) is 5. The van der Waals surface area contributed by atoms with Crippen molar-refractivity contribution in [3.63, 3.8) is 0 Å². The fourth-order valence-electron chi connectivity index (χ4n) is 6.43. The highest BCUT2D eigenvalue weighted by molar-refractivity contribution is 5.81. The molecule has 10 nitrogen and oxygen atoms in total. The summed E-state index contributed by atoms with van der Waals surface area (Å²) in [5.74, 6) is 0.711. The van der Waals surface area contributed by atoms with Crippen LogP contribution in [0.5, 0.6) is 5.88 Å². The molecule has 1 aliphatic heterocycles. The van der Waals surface area contributed by atoms with Gasteiger partial charge in [-0.3, -0.25) is 9.36 Å². The molecule has 1 aromatic carbocycles. The van der Waals surface area contributed by atoms with Crippen molar-refractivity contribution >= 4 is 22.9 Å². The Bertz CT molecular complexity index is 1380. The van der Waals surface area contributed by atoms with Gasteiger partial charge in [-0.1, -0.05) is 31.4 Å². The van der Waals surface area contributed by atoms with Crippen molar-refractivity contribution < 1.29 is 23.0 Å². The second kappa shape index (κ2) is 13.5. The van der Waals surface area contributed by atoms with Gasteiger partial charge in [-0.15, -0.1) is 0 Å². The van der Waals surface area contributed by atoms with E-state index >= 15 is 0 Å². The van der Waals surface area contributed by atoms with Crippen molar-refractivity contribution in [2.45, 2.75) is 95.4 Å². The Morgan fingerprint density at radius 2 is 1.72 bits per heavy atom. The first-order valence-corrected chi connectivity index (χ1v) is 15.7. The van der Waals surface area contributed by atoms with Crippen LogP contribution in [0.25, 0.3) is 16.9 Å². The molecular weight excluding hydrogens is 556 g/mol. The summed E-state index contributed by atoms with van der Waals surface area (Å²) in [6, 6.07) is 8.96. The third-order valence-corrected chi connectivity index (χ3v) is 8.77. The van der Waals surface area contributed by atoms with Gasteiger partial charge in [0, 0.05) is 31.2 Å². The van der Waals surface area contributed by atoms with Crippen LogP contribution in [-0.2, 0) is 9.53 Å². The van der Waals surface area contributed by atoms with Crippen LogP contribution in [0.1, 0.15) is 77.0 Å². The minimum absolute atomic E-state index is 0.0490. The zero-order valence-corrected chi connectivity index (χ0v) is 24.7. The zero-order valence-electron chi connectivity index (χ0n) is 24.7. The van der Waals surface area contributed by atoms with E-state index in [9.17, 15) is 13.6 Å². The minimum Gasteiger partial charge on any atom is -0.474 e. The number of hydrogen-bond acceptors (Lipinski definition) is 8. The minimum atomic E-state index is -2.79. The van der Waals surface area contributed by atoms with Crippen LogP contribution in [0.15, 0.2) is 30.3 Å². The second-order valence-corrected chi connectivity index (χ2v) is 11.9. The maximum Gasteiger partial charge on any atom is 0.296 e. The molecule has 0 bridgehead atoms. The number of ether oxygens (including phenoxy) is 2. The van der Waals surface area contributed by atoms with Gasteiger partial charge in [-0.2, -0.15) is 9.97 Å². The number of aromatic nitrogens is 4. The number of nitrogens with one attached hydrogen (secondary N) is 2. The molecule has 2 saturated carbocycles. The number of para-hydroxylation sites is 2. The van der Waals surface area contributed by atoms with Crippen LogP contribution >= 0.6 is 0 Å². The second-order valence-electron chi connectivity index (χ2n) is 11.9. The van der Waals surface area contributed by atoms with E-state index in [4.69, 9.17) is 19.4 Å². The third-order valence-electron chi connectivity index (χ3n) is 8.77. The molecule has 0 radical (unpaired) electrons. The number of anilines is 1. The number of rotatable bonds is 9. The summed E-state index contributed by atoms with van der Waals surface area (Å²) in [7, 11) is 0. The average molecular weight is 598 g/mol. The van der Waals surface area contributed by atoms with Crippen molar-refractivity contribution in [2.75, 3.05) is 31.2 Å². The molecule has 43 heavy (non-hydrogen) atoms. The van der Waals surface area contributed by atoms with E-state index in [2.05, 4.69) is 15.6 Å². The molecule has 0 unspecified atom stereocenters. The average Bonchev–Trinajstić information content (AvgIpc) is 3.43. The molecule has 6 rings (SSSR count). The molecule has 2 aromatic heterocycles. The van der Waals surface area contributed by atoms with Crippen molar-refractivity contribution in [1.29, 1.82) is 0 Å². The van der Waals surface area contributed by atoms with Crippen molar-refractivity contribution in [2.24, 2.45) is 0 Å². The lowest BCUT2D eigenvalue weighted by Crippen LogP contribution is -2.50. The lowest BCUT2D eigenvalue weighted by molar-refractivity contribution is -0.124. The SMILES string of the molecule is C[C@H](NC1CCCCC1)C(=O)NC1CCC(Oc2cc(-n3c(C(F)F)nc4ccccc43)nc(N3CCOCC3)n2)CC1. The summed E-state index contributed by atoms with van der Waals surface area (Å²) in [5, 5.41) is 6.73. The predicted octanol–water partition coefficient (Wildman–Crippen LogP) is 4.71. The molecule has 12 heteroatoms. The quantitative estimate of drug-likeness (QED) is 0.366. The first kappa shape index (κ1) is 29.7. The molecule has 1 saturated heterocycles. The summed E-state index contributed by atoms with van der Waals surface area (Å²) in [5.41, 5.74) is 1.01. The summed E-state index contributed by atoms with van der Waals surface area (Å²) in [4.78, 5) is 28.4. The number of halogens is 2. The molecule has 3 fully saturated rings. The van der Waals surface area contributed by atoms with E-state index in [-0.39, 0.29) is 35.7 Å². The van der Waals surface area contributed by atoms with Gasteiger partial charge in [-0.25, -0.2) is 13.8 Å². The number of imidazole rings is 1. The Labute approximate surface area is 250 Å². The van der Waals surface area contributed by atoms with Crippen LogP contribution in [0.3, 0.4) is 0 Å². The van der Waals surface area contributed by atoms with Crippen LogP contribution in [0.4, 0.5) is 14.7 Å². The van der Waals surface area contributed by atoms with E-state index in [0.717, 1.165) is 38.5 Å². The number of fused-ring (bicyclic) bond motifs is 1. The van der Waals surface area contributed by atoms with Gasteiger partial charge in [0.15, 0.2) is 5.82 Å². The van der Waals surface area contributed by atoms with Crippen LogP contribution < -0.4 is 20.3 Å². The molecular formula is C31H41F2N7O3. The van der Waals surface area contributed by atoms with E-state index in [1.807, 2.05) is 11.8 Å². The highest BCUT2D eigenvalue weighted by atomic mass is 19.3. The molecule has 3 aliphatic rings.